The Morgan fingerprint density at radius 1 is 1.60 bits per heavy atom. The minimum atomic E-state index is 0.0507. The van der Waals surface area contributed by atoms with Crippen LogP contribution < -0.4 is 11.1 Å². The summed E-state index contributed by atoms with van der Waals surface area (Å²) in [6.45, 7) is 1.96. The first-order valence-corrected chi connectivity index (χ1v) is 5.19. The van der Waals surface area contributed by atoms with Crippen molar-refractivity contribution in [2.75, 3.05) is 11.1 Å². The molecule has 1 aromatic heterocycles. The van der Waals surface area contributed by atoms with Gasteiger partial charge in [0.2, 0.25) is 5.91 Å². The molecule has 1 amide bonds. The van der Waals surface area contributed by atoms with Crippen LogP contribution in [0.5, 0.6) is 0 Å². The topological polar surface area (TPSA) is 68.0 Å². The Morgan fingerprint density at radius 3 is 2.87 bits per heavy atom. The third kappa shape index (κ3) is 2.46. The number of aromatic nitrogens is 1. The van der Waals surface area contributed by atoms with Crippen molar-refractivity contribution in [1.82, 2.24) is 4.98 Å². The van der Waals surface area contributed by atoms with Gasteiger partial charge in [0.25, 0.3) is 0 Å². The normalized spacial score (nSPS) is 17.1. The molecule has 1 aliphatic carbocycles. The molecule has 1 aromatic rings. The summed E-state index contributed by atoms with van der Waals surface area (Å²) in [5.41, 5.74) is 6.10. The maximum absolute atomic E-state index is 11.7. The number of nitrogens with two attached hydrogens (primary N) is 1. The number of hydrogen-bond donors (Lipinski definition) is 2. The van der Waals surface area contributed by atoms with Gasteiger partial charge in [-0.2, -0.15) is 0 Å². The lowest BCUT2D eigenvalue weighted by Gasteiger charge is -2.10. The molecule has 0 saturated heterocycles. The highest BCUT2D eigenvalue weighted by Crippen LogP contribution is 2.36. The number of amides is 1. The van der Waals surface area contributed by atoms with E-state index in [0.29, 0.717) is 17.4 Å². The van der Waals surface area contributed by atoms with E-state index < -0.39 is 0 Å². The first kappa shape index (κ1) is 9.96. The minimum Gasteiger partial charge on any atom is -0.397 e. The van der Waals surface area contributed by atoms with Gasteiger partial charge in [-0.1, -0.05) is 6.92 Å². The zero-order valence-corrected chi connectivity index (χ0v) is 8.73. The fourth-order valence-electron chi connectivity index (χ4n) is 1.53. The Bertz CT molecular complexity index is 357. The number of pyridine rings is 1. The van der Waals surface area contributed by atoms with Gasteiger partial charge in [-0.15, -0.1) is 0 Å². The van der Waals surface area contributed by atoms with Crippen LogP contribution in [0, 0.1) is 11.8 Å². The highest BCUT2D eigenvalue weighted by molar-refractivity contribution is 5.91. The van der Waals surface area contributed by atoms with E-state index in [1.165, 1.54) is 19.0 Å². The summed E-state index contributed by atoms with van der Waals surface area (Å²) in [5, 5.41) is 2.78. The maximum atomic E-state index is 11.7. The van der Waals surface area contributed by atoms with E-state index in [1.807, 2.05) is 6.92 Å². The SMILES string of the molecule is CC(C(=O)Nc1ccc(N)cn1)C1CC1. The first-order valence-electron chi connectivity index (χ1n) is 5.19. The Morgan fingerprint density at radius 2 is 2.33 bits per heavy atom. The summed E-state index contributed by atoms with van der Waals surface area (Å²) in [6.07, 6.45) is 3.88. The van der Waals surface area contributed by atoms with E-state index in [4.69, 9.17) is 5.73 Å². The second-order valence-electron chi connectivity index (χ2n) is 4.09. The quantitative estimate of drug-likeness (QED) is 0.788. The van der Waals surface area contributed by atoms with E-state index in [-0.39, 0.29) is 11.8 Å². The van der Waals surface area contributed by atoms with E-state index in [1.54, 1.807) is 12.1 Å². The van der Waals surface area contributed by atoms with Crippen LogP contribution in [0.3, 0.4) is 0 Å². The molecule has 15 heavy (non-hydrogen) atoms. The fourth-order valence-corrected chi connectivity index (χ4v) is 1.53. The monoisotopic (exact) mass is 205 g/mol. The van der Waals surface area contributed by atoms with Crippen molar-refractivity contribution in [3.8, 4) is 0 Å². The molecule has 1 unspecified atom stereocenters. The third-order valence-corrected chi connectivity index (χ3v) is 2.78. The van der Waals surface area contributed by atoms with Crippen molar-refractivity contribution in [2.45, 2.75) is 19.8 Å². The number of rotatable bonds is 3. The molecule has 0 aromatic carbocycles. The lowest BCUT2D eigenvalue weighted by molar-refractivity contribution is -0.119. The summed E-state index contributed by atoms with van der Waals surface area (Å²) in [6, 6.07) is 3.44. The Hall–Kier alpha value is -1.58. The number of nitrogen functional groups attached to an aromatic ring is 1. The second kappa shape index (κ2) is 3.88. The van der Waals surface area contributed by atoms with Crippen LogP contribution in [0.15, 0.2) is 18.3 Å². The molecule has 1 heterocycles. The molecule has 80 valence electrons. The zero-order valence-electron chi connectivity index (χ0n) is 8.73. The van der Waals surface area contributed by atoms with Gasteiger partial charge >= 0.3 is 0 Å². The fraction of sp³-hybridized carbons (Fsp3) is 0.455. The van der Waals surface area contributed by atoms with E-state index in [0.717, 1.165) is 0 Å². The van der Waals surface area contributed by atoms with Gasteiger partial charge in [-0.05, 0) is 30.9 Å². The van der Waals surface area contributed by atoms with Crippen molar-refractivity contribution < 1.29 is 4.79 Å². The predicted octanol–water partition coefficient (Wildman–Crippen LogP) is 1.65. The van der Waals surface area contributed by atoms with Gasteiger partial charge in [0, 0.05) is 5.92 Å². The maximum Gasteiger partial charge on any atom is 0.228 e. The Labute approximate surface area is 88.9 Å². The van der Waals surface area contributed by atoms with Crippen molar-refractivity contribution in [3.05, 3.63) is 18.3 Å². The standard InChI is InChI=1S/C11H15N3O/c1-7(8-2-3-8)11(15)14-10-5-4-9(12)6-13-10/h4-8H,2-3,12H2,1H3,(H,13,14,15). The highest BCUT2D eigenvalue weighted by atomic mass is 16.1. The van der Waals surface area contributed by atoms with Crippen LogP contribution in [0.1, 0.15) is 19.8 Å². The zero-order chi connectivity index (χ0) is 10.8. The molecule has 4 heteroatoms. The van der Waals surface area contributed by atoms with Gasteiger partial charge in [-0.25, -0.2) is 4.98 Å². The lowest BCUT2D eigenvalue weighted by atomic mass is 10.1. The number of anilines is 2. The molecule has 3 N–H and O–H groups in total. The van der Waals surface area contributed by atoms with Crippen LogP contribution >= 0.6 is 0 Å². The van der Waals surface area contributed by atoms with Crippen LogP contribution in [0.4, 0.5) is 11.5 Å². The molecule has 0 radical (unpaired) electrons. The van der Waals surface area contributed by atoms with E-state index >= 15 is 0 Å². The van der Waals surface area contributed by atoms with Crippen LogP contribution in [-0.2, 0) is 4.79 Å². The van der Waals surface area contributed by atoms with E-state index in [2.05, 4.69) is 10.3 Å². The molecule has 1 fully saturated rings. The second-order valence-corrected chi connectivity index (χ2v) is 4.09. The van der Waals surface area contributed by atoms with Gasteiger partial charge in [0.1, 0.15) is 5.82 Å². The number of nitrogens with zero attached hydrogens (tertiary/aromatic N) is 1. The summed E-state index contributed by atoms with van der Waals surface area (Å²) in [5.74, 6) is 1.28. The predicted molar refractivity (Wildman–Crippen MR) is 59.2 cm³/mol. The number of hydrogen-bond acceptors (Lipinski definition) is 3. The van der Waals surface area contributed by atoms with Crippen LogP contribution in [0.25, 0.3) is 0 Å². The summed E-state index contributed by atoms with van der Waals surface area (Å²) < 4.78 is 0. The smallest absolute Gasteiger partial charge is 0.228 e. The molecular weight excluding hydrogens is 190 g/mol. The molecular formula is C11H15N3O. The van der Waals surface area contributed by atoms with Gasteiger partial charge in [0.05, 0.1) is 11.9 Å². The number of nitrogens with one attached hydrogen (secondary N) is 1. The van der Waals surface area contributed by atoms with Gasteiger partial charge in [0.15, 0.2) is 0 Å². The highest BCUT2D eigenvalue weighted by Gasteiger charge is 2.32. The first-order chi connectivity index (χ1) is 7.16. The summed E-state index contributed by atoms with van der Waals surface area (Å²) in [4.78, 5) is 15.7. The largest absolute Gasteiger partial charge is 0.397 e. The molecule has 0 bridgehead atoms. The molecule has 2 rings (SSSR count). The van der Waals surface area contributed by atoms with Gasteiger partial charge in [-0.3, -0.25) is 4.79 Å². The van der Waals surface area contributed by atoms with Gasteiger partial charge < -0.3 is 11.1 Å². The minimum absolute atomic E-state index is 0.0507. The Kier molecular flexibility index (Phi) is 2.58. The van der Waals surface area contributed by atoms with Crippen molar-refractivity contribution in [2.24, 2.45) is 11.8 Å². The Balaban J connectivity index is 1.95. The van der Waals surface area contributed by atoms with E-state index in [9.17, 15) is 4.79 Å². The molecule has 4 nitrogen and oxygen atoms in total. The molecule has 1 saturated carbocycles. The average molecular weight is 205 g/mol. The third-order valence-electron chi connectivity index (χ3n) is 2.78. The average Bonchev–Trinajstić information content (AvgIpc) is 3.04. The van der Waals surface area contributed by atoms with Crippen molar-refractivity contribution in [3.63, 3.8) is 0 Å². The number of carbonyl (C=O) groups is 1. The van der Waals surface area contributed by atoms with Crippen LogP contribution in [-0.4, -0.2) is 10.9 Å². The lowest BCUT2D eigenvalue weighted by Crippen LogP contribution is -2.22. The summed E-state index contributed by atoms with van der Waals surface area (Å²) in [7, 11) is 0. The summed E-state index contributed by atoms with van der Waals surface area (Å²) >= 11 is 0. The van der Waals surface area contributed by atoms with Crippen molar-refractivity contribution in [1.29, 1.82) is 0 Å². The molecule has 0 aliphatic heterocycles. The molecule has 0 spiro atoms. The molecule has 1 aliphatic rings. The molecule has 1 atom stereocenters. The van der Waals surface area contributed by atoms with Crippen molar-refractivity contribution >= 4 is 17.4 Å². The van der Waals surface area contributed by atoms with Crippen LogP contribution in [0.2, 0.25) is 0 Å². The number of carbonyl (C=O) groups excluding carboxylic acids is 1.